The number of amides is 1. The summed E-state index contributed by atoms with van der Waals surface area (Å²) < 4.78 is 31.2. The first-order valence-corrected chi connectivity index (χ1v) is 10.8. The van der Waals surface area contributed by atoms with Gasteiger partial charge in [0, 0.05) is 5.69 Å². The van der Waals surface area contributed by atoms with Crippen molar-refractivity contribution < 1.29 is 17.9 Å². The number of benzene rings is 3. The SMILES string of the molecule is COc1ccc([C@H]2Nc3ccccc3C(=O)N2NS(=O)(=O)c2ccc(C)cc2)cc1. The molecule has 154 valence electrons. The number of ether oxygens (including phenoxy) is 1. The molecule has 1 amide bonds. The lowest BCUT2D eigenvalue weighted by atomic mass is 10.1. The van der Waals surface area contributed by atoms with Crippen LogP contribution in [0.5, 0.6) is 5.75 Å². The predicted molar refractivity (Wildman–Crippen MR) is 113 cm³/mol. The lowest BCUT2D eigenvalue weighted by molar-refractivity contribution is 0.0632. The Morgan fingerprint density at radius 3 is 2.30 bits per heavy atom. The van der Waals surface area contributed by atoms with Gasteiger partial charge in [0.25, 0.3) is 15.9 Å². The summed E-state index contributed by atoms with van der Waals surface area (Å²) in [5.74, 6) is 0.217. The van der Waals surface area contributed by atoms with E-state index in [0.29, 0.717) is 22.6 Å². The second-order valence-electron chi connectivity index (χ2n) is 6.95. The Kier molecular flexibility index (Phi) is 5.19. The molecule has 8 heteroatoms. The lowest BCUT2D eigenvalue weighted by Gasteiger charge is -2.37. The molecular weight excluding hydrogens is 402 g/mol. The van der Waals surface area contributed by atoms with Crippen LogP contribution in [0.15, 0.2) is 77.7 Å². The van der Waals surface area contributed by atoms with E-state index in [1.165, 1.54) is 12.1 Å². The monoisotopic (exact) mass is 423 g/mol. The number of nitrogens with one attached hydrogen (secondary N) is 2. The fraction of sp³-hybridized carbons (Fsp3) is 0.136. The number of fused-ring (bicyclic) bond motifs is 1. The Labute approximate surface area is 175 Å². The van der Waals surface area contributed by atoms with Gasteiger partial charge in [-0.05, 0) is 48.9 Å². The molecule has 2 N–H and O–H groups in total. The molecule has 0 spiro atoms. The van der Waals surface area contributed by atoms with Gasteiger partial charge in [0.1, 0.15) is 11.9 Å². The van der Waals surface area contributed by atoms with Gasteiger partial charge in [-0.15, -0.1) is 4.83 Å². The van der Waals surface area contributed by atoms with E-state index < -0.39 is 22.1 Å². The standard InChI is InChI=1S/C22H21N3O4S/c1-15-7-13-18(14-8-15)30(27,28)24-25-21(16-9-11-17(29-2)12-10-16)23-20-6-4-3-5-19(20)22(25)26/h3-14,21,23-24H,1-2H3/t21-/m0/s1. The van der Waals surface area contributed by atoms with Crippen LogP contribution < -0.4 is 14.9 Å². The minimum atomic E-state index is -3.98. The second-order valence-corrected chi connectivity index (χ2v) is 8.61. The average Bonchev–Trinajstić information content (AvgIpc) is 2.76. The van der Waals surface area contributed by atoms with Gasteiger partial charge in [-0.2, -0.15) is 0 Å². The van der Waals surface area contributed by atoms with E-state index in [1.54, 1.807) is 61.7 Å². The number of methoxy groups -OCH3 is 1. The summed E-state index contributed by atoms with van der Waals surface area (Å²) in [5, 5.41) is 4.36. The summed E-state index contributed by atoms with van der Waals surface area (Å²) in [7, 11) is -2.41. The number of hydrazine groups is 1. The Morgan fingerprint density at radius 1 is 0.967 bits per heavy atom. The predicted octanol–water partition coefficient (Wildman–Crippen LogP) is 3.46. The fourth-order valence-electron chi connectivity index (χ4n) is 3.27. The molecule has 0 radical (unpaired) electrons. The molecule has 1 heterocycles. The van der Waals surface area contributed by atoms with E-state index in [0.717, 1.165) is 10.6 Å². The highest BCUT2D eigenvalue weighted by molar-refractivity contribution is 7.89. The van der Waals surface area contributed by atoms with Crippen molar-refractivity contribution in [2.24, 2.45) is 0 Å². The highest BCUT2D eigenvalue weighted by atomic mass is 32.2. The zero-order valence-electron chi connectivity index (χ0n) is 16.5. The van der Waals surface area contributed by atoms with Crippen LogP contribution >= 0.6 is 0 Å². The third-order valence-corrected chi connectivity index (χ3v) is 6.24. The molecule has 0 saturated carbocycles. The number of rotatable bonds is 5. The topological polar surface area (TPSA) is 87.7 Å². The van der Waals surface area contributed by atoms with Crippen LogP contribution in [0.25, 0.3) is 0 Å². The molecule has 0 aromatic heterocycles. The third-order valence-electron chi connectivity index (χ3n) is 4.91. The van der Waals surface area contributed by atoms with E-state index in [2.05, 4.69) is 10.1 Å². The maximum absolute atomic E-state index is 13.2. The van der Waals surface area contributed by atoms with Crippen molar-refractivity contribution in [2.45, 2.75) is 18.0 Å². The van der Waals surface area contributed by atoms with Crippen LogP contribution in [0.3, 0.4) is 0 Å². The normalized spacial score (nSPS) is 16.0. The van der Waals surface area contributed by atoms with Crippen LogP contribution in [-0.4, -0.2) is 26.4 Å². The molecule has 0 aliphatic carbocycles. The van der Waals surface area contributed by atoms with Gasteiger partial charge < -0.3 is 10.1 Å². The highest BCUT2D eigenvalue weighted by Crippen LogP contribution is 2.33. The molecule has 0 bridgehead atoms. The van der Waals surface area contributed by atoms with Crippen molar-refractivity contribution in [1.82, 2.24) is 9.84 Å². The van der Waals surface area contributed by atoms with Crippen LogP contribution in [0, 0.1) is 6.92 Å². The van der Waals surface area contributed by atoms with Gasteiger partial charge in [0.15, 0.2) is 0 Å². The number of hydrogen-bond donors (Lipinski definition) is 2. The summed E-state index contributed by atoms with van der Waals surface area (Å²) in [6.45, 7) is 1.87. The Bertz CT molecular complexity index is 1180. The van der Waals surface area contributed by atoms with Gasteiger partial charge in [-0.3, -0.25) is 4.79 Å². The Morgan fingerprint density at radius 2 is 1.63 bits per heavy atom. The number of sulfonamides is 1. The van der Waals surface area contributed by atoms with Crippen molar-refractivity contribution in [2.75, 3.05) is 12.4 Å². The number of aryl methyl sites for hydroxylation is 1. The minimum Gasteiger partial charge on any atom is -0.497 e. The number of nitrogens with zero attached hydrogens (tertiary/aromatic N) is 1. The van der Waals surface area contributed by atoms with E-state index in [1.807, 2.05) is 13.0 Å². The first kappa shape index (κ1) is 19.9. The smallest absolute Gasteiger partial charge is 0.273 e. The number of carbonyl (C=O) groups excluding carboxylic acids is 1. The van der Waals surface area contributed by atoms with Crippen molar-refractivity contribution in [3.63, 3.8) is 0 Å². The summed E-state index contributed by atoms with van der Waals surface area (Å²) in [6, 6.07) is 20.5. The highest BCUT2D eigenvalue weighted by Gasteiger charge is 2.36. The molecule has 1 atom stereocenters. The molecule has 0 fully saturated rings. The third kappa shape index (κ3) is 3.74. The summed E-state index contributed by atoms with van der Waals surface area (Å²) in [4.78, 5) is 15.8. The summed E-state index contributed by atoms with van der Waals surface area (Å²) in [6.07, 6.45) is -0.737. The number of hydrogen-bond acceptors (Lipinski definition) is 5. The molecule has 1 aliphatic heterocycles. The summed E-state index contributed by atoms with van der Waals surface area (Å²) >= 11 is 0. The van der Waals surface area contributed by atoms with Crippen molar-refractivity contribution >= 4 is 21.6 Å². The van der Waals surface area contributed by atoms with Crippen molar-refractivity contribution in [1.29, 1.82) is 0 Å². The second kappa shape index (κ2) is 7.81. The van der Waals surface area contributed by atoms with E-state index >= 15 is 0 Å². The van der Waals surface area contributed by atoms with Crippen LogP contribution in [-0.2, 0) is 10.0 Å². The van der Waals surface area contributed by atoms with Crippen LogP contribution in [0.4, 0.5) is 5.69 Å². The molecule has 0 saturated heterocycles. The average molecular weight is 423 g/mol. The zero-order valence-corrected chi connectivity index (χ0v) is 17.3. The van der Waals surface area contributed by atoms with Crippen molar-refractivity contribution in [3.8, 4) is 5.75 Å². The Balaban J connectivity index is 1.74. The van der Waals surface area contributed by atoms with Crippen LogP contribution in [0.2, 0.25) is 0 Å². The van der Waals surface area contributed by atoms with Gasteiger partial charge in [0.05, 0.1) is 17.6 Å². The minimum absolute atomic E-state index is 0.0771. The molecule has 7 nitrogen and oxygen atoms in total. The Hall–Kier alpha value is -3.36. The lowest BCUT2D eigenvalue weighted by Crippen LogP contribution is -2.52. The molecule has 3 aromatic rings. The molecule has 1 aliphatic rings. The summed E-state index contributed by atoms with van der Waals surface area (Å²) in [5.41, 5.74) is 2.66. The quantitative estimate of drug-likeness (QED) is 0.656. The van der Waals surface area contributed by atoms with Gasteiger partial charge >= 0.3 is 0 Å². The van der Waals surface area contributed by atoms with E-state index in [9.17, 15) is 13.2 Å². The fourth-order valence-corrected chi connectivity index (χ4v) is 4.31. The molecule has 30 heavy (non-hydrogen) atoms. The van der Waals surface area contributed by atoms with E-state index in [-0.39, 0.29) is 4.90 Å². The van der Waals surface area contributed by atoms with Gasteiger partial charge in [0.2, 0.25) is 0 Å². The maximum atomic E-state index is 13.2. The molecule has 3 aromatic carbocycles. The number of carbonyl (C=O) groups is 1. The molecule has 0 unspecified atom stereocenters. The van der Waals surface area contributed by atoms with Gasteiger partial charge in [-0.25, -0.2) is 13.4 Å². The zero-order chi connectivity index (χ0) is 21.3. The largest absolute Gasteiger partial charge is 0.497 e. The van der Waals surface area contributed by atoms with Gasteiger partial charge in [-0.1, -0.05) is 42.0 Å². The van der Waals surface area contributed by atoms with Crippen molar-refractivity contribution in [3.05, 3.63) is 89.5 Å². The first-order valence-electron chi connectivity index (χ1n) is 9.31. The molecular formula is C22H21N3O4S. The maximum Gasteiger partial charge on any atom is 0.273 e. The first-order chi connectivity index (χ1) is 14.4. The number of para-hydroxylation sites is 1. The molecule has 4 rings (SSSR count). The van der Waals surface area contributed by atoms with E-state index in [4.69, 9.17) is 4.74 Å². The van der Waals surface area contributed by atoms with Crippen LogP contribution in [0.1, 0.15) is 27.7 Å². The number of anilines is 1.